The molecule has 1 heterocycles. The van der Waals surface area contributed by atoms with Crippen molar-refractivity contribution >= 4 is 27.5 Å². The van der Waals surface area contributed by atoms with E-state index in [0.717, 1.165) is 23.1 Å². The molecule has 108 valence electrons. The maximum Gasteiger partial charge on any atom is 0.142 e. The first kappa shape index (κ1) is 15.5. The van der Waals surface area contributed by atoms with Gasteiger partial charge in [-0.1, -0.05) is 30.7 Å². The molecule has 0 fully saturated rings. The van der Waals surface area contributed by atoms with Crippen molar-refractivity contribution in [2.24, 2.45) is 0 Å². The van der Waals surface area contributed by atoms with Gasteiger partial charge in [-0.25, -0.2) is 4.39 Å². The van der Waals surface area contributed by atoms with Crippen molar-refractivity contribution in [1.29, 1.82) is 0 Å². The van der Waals surface area contributed by atoms with Crippen LogP contribution in [-0.2, 0) is 6.54 Å². The molecule has 2 aromatic rings. The van der Waals surface area contributed by atoms with Crippen molar-refractivity contribution in [2.75, 3.05) is 7.05 Å². The topological polar surface area (TPSA) is 29.9 Å². The van der Waals surface area contributed by atoms with Crippen molar-refractivity contribution < 1.29 is 4.39 Å². The fraction of sp³-hybridized carbons (Fsp3) is 0.357. The summed E-state index contributed by atoms with van der Waals surface area (Å²) in [6, 6.07) is 4.62. The van der Waals surface area contributed by atoms with E-state index >= 15 is 0 Å². The smallest absolute Gasteiger partial charge is 0.142 e. The molecule has 6 heteroatoms. The third kappa shape index (κ3) is 2.90. The summed E-state index contributed by atoms with van der Waals surface area (Å²) in [5, 5.41) is 7.67. The van der Waals surface area contributed by atoms with E-state index in [1.807, 2.05) is 17.8 Å². The van der Waals surface area contributed by atoms with Crippen LogP contribution in [0.2, 0.25) is 5.02 Å². The molecule has 3 nitrogen and oxygen atoms in total. The maximum atomic E-state index is 13.7. The molecule has 1 N–H and O–H groups in total. The Morgan fingerprint density at radius 2 is 2.25 bits per heavy atom. The molecule has 20 heavy (non-hydrogen) atoms. The van der Waals surface area contributed by atoms with Crippen molar-refractivity contribution in [1.82, 2.24) is 15.1 Å². The Morgan fingerprint density at radius 1 is 1.50 bits per heavy atom. The van der Waals surface area contributed by atoms with Crippen LogP contribution < -0.4 is 5.32 Å². The van der Waals surface area contributed by atoms with E-state index in [-0.39, 0.29) is 11.1 Å². The number of hydrogen-bond donors (Lipinski definition) is 1. The number of nitrogens with zero attached hydrogens (tertiary/aromatic N) is 2. The van der Waals surface area contributed by atoms with Gasteiger partial charge in [0.2, 0.25) is 0 Å². The second-order valence-electron chi connectivity index (χ2n) is 4.47. The molecule has 0 radical (unpaired) electrons. The highest BCUT2D eigenvalue weighted by Gasteiger charge is 2.23. The third-order valence-electron chi connectivity index (χ3n) is 3.12. The van der Waals surface area contributed by atoms with Gasteiger partial charge in [-0.2, -0.15) is 5.10 Å². The minimum absolute atomic E-state index is 0.142. The Kier molecular flexibility index (Phi) is 5.18. The summed E-state index contributed by atoms with van der Waals surface area (Å²) in [7, 11) is 1.82. The van der Waals surface area contributed by atoms with Gasteiger partial charge in [0.25, 0.3) is 0 Å². The average Bonchev–Trinajstić information content (AvgIpc) is 2.78. The summed E-state index contributed by atoms with van der Waals surface area (Å²) in [5.74, 6) is -0.415. The monoisotopic (exact) mass is 359 g/mol. The van der Waals surface area contributed by atoms with Crippen LogP contribution in [0.3, 0.4) is 0 Å². The van der Waals surface area contributed by atoms with Gasteiger partial charge in [0.1, 0.15) is 5.82 Å². The second kappa shape index (κ2) is 6.70. The number of aryl methyl sites for hydroxylation is 1. The molecule has 0 aliphatic heterocycles. The number of nitrogens with one attached hydrogen (secondary N) is 1. The number of rotatable bonds is 5. The lowest BCUT2D eigenvalue weighted by Crippen LogP contribution is -2.22. The Bertz CT molecular complexity index is 600. The largest absolute Gasteiger partial charge is 0.308 e. The lowest BCUT2D eigenvalue weighted by molar-refractivity contribution is 0.531. The molecule has 0 bridgehead atoms. The Balaban J connectivity index is 2.52. The molecule has 0 saturated heterocycles. The minimum Gasteiger partial charge on any atom is -0.308 e. The van der Waals surface area contributed by atoms with E-state index in [0.29, 0.717) is 5.56 Å². The van der Waals surface area contributed by atoms with Crippen LogP contribution in [0, 0.1) is 5.82 Å². The van der Waals surface area contributed by atoms with Crippen LogP contribution in [0.15, 0.2) is 28.9 Å². The molecule has 1 aromatic carbocycles. The lowest BCUT2D eigenvalue weighted by Gasteiger charge is -2.20. The lowest BCUT2D eigenvalue weighted by atomic mass is 10.0. The molecule has 1 atom stereocenters. The summed E-state index contributed by atoms with van der Waals surface area (Å²) in [6.45, 7) is 2.88. The van der Waals surface area contributed by atoms with Crippen LogP contribution in [0.5, 0.6) is 0 Å². The predicted molar refractivity (Wildman–Crippen MR) is 82.5 cm³/mol. The summed E-state index contributed by atoms with van der Waals surface area (Å²) in [5.41, 5.74) is 1.65. The molecule has 0 spiro atoms. The van der Waals surface area contributed by atoms with Crippen molar-refractivity contribution in [3.8, 4) is 0 Å². The summed E-state index contributed by atoms with van der Waals surface area (Å²) < 4.78 is 16.5. The van der Waals surface area contributed by atoms with Crippen LogP contribution in [-0.4, -0.2) is 16.8 Å². The first-order chi connectivity index (χ1) is 9.60. The first-order valence-electron chi connectivity index (χ1n) is 6.42. The Hall–Kier alpha value is -0.910. The highest BCUT2D eigenvalue weighted by Crippen LogP contribution is 2.33. The van der Waals surface area contributed by atoms with Crippen molar-refractivity contribution in [2.45, 2.75) is 25.9 Å². The molecule has 0 amide bonds. The van der Waals surface area contributed by atoms with Gasteiger partial charge >= 0.3 is 0 Å². The normalized spacial score (nSPS) is 12.7. The van der Waals surface area contributed by atoms with Crippen LogP contribution in [0.4, 0.5) is 4.39 Å². The van der Waals surface area contributed by atoms with Crippen LogP contribution in [0.25, 0.3) is 0 Å². The van der Waals surface area contributed by atoms with E-state index in [2.05, 4.69) is 33.3 Å². The van der Waals surface area contributed by atoms with Crippen molar-refractivity contribution in [3.05, 3.63) is 51.0 Å². The molecule has 1 unspecified atom stereocenters. The molecule has 0 saturated carbocycles. The number of aromatic nitrogens is 2. The van der Waals surface area contributed by atoms with Crippen LogP contribution in [0.1, 0.15) is 30.6 Å². The Labute approximate surface area is 131 Å². The van der Waals surface area contributed by atoms with Gasteiger partial charge < -0.3 is 5.32 Å². The molecule has 0 aliphatic carbocycles. The highest BCUT2D eigenvalue weighted by molar-refractivity contribution is 9.10. The molecule has 1 aromatic heterocycles. The van der Waals surface area contributed by atoms with Gasteiger partial charge in [0.15, 0.2) is 0 Å². The van der Waals surface area contributed by atoms with Gasteiger partial charge in [0.05, 0.1) is 27.4 Å². The number of halogens is 3. The summed E-state index contributed by atoms with van der Waals surface area (Å²) >= 11 is 9.61. The number of benzene rings is 1. The van der Waals surface area contributed by atoms with E-state index in [9.17, 15) is 4.39 Å². The molecular formula is C14H16BrClFN3. The SMILES string of the molecule is CCCn1ncc(Br)c1C(NC)c1cccc(F)c1Cl. The number of hydrogen-bond acceptors (Lipinski definition) is 2. The summed E-state index contributed by atoms with van der Waals surface area (Å²) in [4.78, 5) is 0. The quantitative estimate of drug-likeness (QED) is 0.868. The van der Waals surface area contributed by atoms with Crippen LogP contribution >= 0.6 is 27.5 Å². The van der Waals surface area contributed by atoms with Gasteiger partial charge in [-0.15, -0.1) is 0 Å². The molecule has 0 aliphatic rings. The third-order valence-corrected chi connectivity index (χ3v) is 4.13. The minimum atomic E-state index is -0.415. The van der Waals surface area contributed by atoms with E-state index in [1.54, 1.807) is 12.3 Å². The molecular weight excluding hydrogens is 345 g/mol. The van der Waals surface area contributed by atoms with Gasteiger partial charge in [-0.05, 0) is 41.0 Å². The van der Waals surface area contributed by atoms with Crippen molar-refractivity contribution in [3.63, 3.8) is 0 Å². The zero-order valence-corrected chi connectivity index (χ0v) is 13.7. The first-order valence-corrected chi connectivity index (χ1v) is 7.59. The van der Waals surface area contributed by atoms with E-state index in [1.165, 1.54) is 6.07 Å². The van der Waals surface area contributed by atoms with E-state index in [4.69, 9.17) is 11.6 Å². The standard InChI is InChI=1S/C14H16BrClFN3/c1-3-7-20-14(10(15)8-19-20)13(18-2)9-5-4-6-11(17)12(9)16/h4-6,8,13,18H,3,7H2,1-2H3. The van der Waals surface area contributed by atoms with Gasteiger partial charge in [0, 0.05) is 6.54 Å². The summed E-state index contributed by atoms with van der Waals surface area (Å²) in [6.07, 6.45) is 2.72. The average molecular weight is 361 g/mol. The molecule has 2 rings (SSSR count). The maximum absolute atomic E-state index is 13.7. The fourth-order valence-corrected chi connectivity index (χ4v) is 2.99. The zero-order chi connectivity index (χ0) is 14.7. The highest BCUT2D eigenvalue weighted by atomic mass is 79.9. The predicted octanol–water partition coefficient (Wildman–Crippen LogP) is 4.16. The fourth-order valence-electron chi connectivity index (χ4n) is 2.23. The van der Waals surface area contributed by atoms with Gasteiger partial charge in [-0.3, -0.25) is 4.68 Å². The second-order valence-corrected chi connectivity index (χ2v) is 5.70. The Morgan fingerprint density at radius 3 is 2.90 bits per heavy atom. The zero-order valence-electron chi connectivity index (χ0n) is 11.3. The van der Waals surface area contributed by atoms with E-state index < -0.39 is 5.82 Å².